The van der Waals surface area contributed by atoms with Gasteiger partial charge in [-0.2, -0.15) is 18.4 Å². The van der Waals surface area contributed by atoms with Crippen LogP contribution in [0.1, 0.15) is 11.1 Å². The van der Waals surface area contributed by atoms with Crippen LogP contribution in [0.5, 0.6) is 0 Å². The van der Waals surface area contributed by atoms with Crippen LogP contribution in [-0.4, -0.2) is 43.5 Å². The number of anilines is 2. The Bertz CT molecular complexity index is 934. The lowest BCUT2D eigenvalue weighted by atomic mass is 10.1. The van der Waals surface area contributed by atoms with Gasteiger partial charge in [0.25, 0.3) is 0 Å². The summed E-state index contributed by atoms with van der Waals surface area (Å²) >= 11 is 6.02. The smallest absolute Gasteiger partial charge is 0.368 e. The lowest BCUT2D eigenvalue weighted by molar-refractivity contribution is -0.137. The first kappa shape index (κ1) is 21.0. The largest absolute Gasteiger partial charge is 0.418 e. The summed E-state index contributed by atoms with van der Waals surface area (Å²) in [5, 5.41) is 12.2. The van der Waals surface area contributed by atoms with Crippen LogP contribution in [-0.2, 0) is 11.0 Å². The highest BCUT2D eigenvalue weighted by molar-refractivity contribution is 6.33. The number of hydrogen-bond acceptors (Lipinski definition) is 4. The Balaban J connectivity index is 1.63. The van der Waals surface area contributed by atoms with Crippen molar-refractivity contribution in [3.8, 4) is 6.07 Å². The lowest BCUT2D eigenvalue weighted by Gasteiger charge is -2.36. The number of rotatable bonds is 4. The van der Waals surface area contributed by atoms with Gasteiger partial charge in [0.1, 0.15) is 0 Å². The van der Waals surface area contributed by atoms with E-state index in [0.29, 0.717) is 36.9 Å². The van der Waals surface area contributed by atoms with E-state index in [2.05, 4.69) is 5.32 Å². The predicted octanol–water partition coefficient (Wildman–Crippen LogP) is 3.99. The molecule has 1 N–H and O–H groups in total. The Kier molecular flexibility index (Phi) is 6.30. The predicted molar refractivity (Wildman–Crippen MR) is 105 cm³/mol. The fourth-order valence-corrected chi connectivity index (χ4v) is 3.39. The van der Waals surface area contributed by atoms with E-state index in [1.165, 1.54) is 12.1 Å². The molecule has 1 amide bonds. The molecule has 0 spiro atoms. The zero-order valence-corrected chi connectivity index (χ0v) is 16.1. The van der Waals surface area contributed by atoms with Crippen LogP contribution in [0.15, 0.2) is 42.5 Å². The zero-order valence-electron chi connectivity index (χ0n) is 15.3. The molecule has 1 saturated heterocycles. The molecular weight excluding hydrogens is 405 g/mol. The second-order valence-electron chi connectivity index (χ2n) is 6.63. The number of hydrogen-bond donors (Lipinski definition) is 1. The molecule has 0 radical (unpaired) electrons. The number of carbonyl (C=O) groups is 1. The van der Waals surface area contributed by atoms with Crippen molar-refractivity contribution >= 4 is 28.9 Å². The van der Waals surface area contributed by atoms with E-state index in [0.717, 1.165) is 6.07 Å². The maximum Gasteiger partial charge on any atom is 0.418 e. The van der Waals surface area contributed by atoms with Crippen molar-refractivity contribution in [3.05, 3.63) is 58.6 Å². The molecule has 152 valence electrons. The van der Waals surface area contributed by atoms with Crippen molar-refractivity contribution in [1.29, 1.82) is 5.26 Å². The molecule has 0 saturated carbocycles. The van der Waals surface area contributed by atoms with Gasteiger partial charge in [-0.3, -0.25) is 9.69 Å². The van der Waals surface area contributed by atoms with Gasteiger partial charge in [-0.1, -0.05) is 23.7 Å². The second kappa shape index (κ2) is 8.72. The zero-order chi connectivity index (χ0) is 21.0. The number of para-hydroxylation sites is 1. The van der Waals surface area contributed by atoms with Crippen LogP contribution < -0.4 is 10.2 Å². The standard InChI is InChI=1S/C20H18ClF3N4O/c21-16-3-1-2-4-17(16)26-19(29)13-27-7-9-28(10-8-27)18-11-14(12-25)5-6-15(18)20(22,23)24/h1-6,11H,7-10,13H2,(H,26,29). The minimum atomic E-state index is -4.50. The van der Waals surface area contributed by atoms with Crippen LogP contribution in [0.2, 0.25) is 5.02 Å². The summed E-state index contributed by atoms with van der Waals surface area (Å²) in [6.45, 7) is 1.59. The minimum absolute atomic E-state index is 0.00304. The molecule has 5 nitrogen and oxygen atoms in total. The molecule has 29 heavy (non-hydrogen) atoms. The van der Waals surface area contributed by atoms with E-state index in [1.54, 1.807) is 29.2 Å². The van der Waals surface area contributed by atoms with Gasteiger partial charge in [0.15, 0.2) is 0 Å². The summed E-state index contributed by atoms with van der Waals surface area (Å²) in [5.41, 5.74) is -0.0754. The second-order valence-corrected chi connectivity index (χ2v) is 7.04. The molecule has 2 aromatic rings. The number of nitrogens with zero attached hydrogens (tertiary/aromatic N) is 3. The van der Waals surface area contributed by atoms with Gasteiger partial charge in [-0.15, -0.1) is 0 Å². The van der Waals surface area contributed by atoms with E-state index in [4.69, 9.17) is 16.9 Å². The van der Waals surface area contributed by atoms with E-state index >= 15 is 0 Å². The maximum atomic E-state index is 13.3. The van der Waals surface area contributed by atoms with Gasteiger partial charge in [0.05, 0.1) is 40.1 Å². The van der Waals surface area contributed by atoms with E-state index in [1.807, 2.05) is 11.0 Å². The monoisotopic (exact) mass is 422 g/mol. The van der Waals surface area contributed by atoms with Crippen molar-refractivity contribution < 1.29 is 18.0 Å². The average molecular weight is 423 g/mol. The average Bonchev–Trinajstić information content (AvgIpc) is 2.69. The Morgan fingerprint density at radius 1 is 1.14 bits per heavy atom. The van der Waals surface area contributed by atoms with Crippen LogP contribution >= 0.6 is 11.6 Å². The number of benzene rings is 2. The van der Waals surface area contributed by atoms with Gasteiger partial charge in [-0.25, -0.2) is 0 Å². The first-order valence-corrected chi connectivity index (χ1v) is 9.29. The van der Waals surface area contributed by atoms with Gasteiger partial charge in [-0.05, 0) is 30.3 Å². The van der Waals surface area contributed by atoms with Gasteiger partial charge in [0.2, 0.25) is 5.91 Å². The molecule has 3 rings (SSSR count). The van der Waals surface area contributed by atoms with Crippen molar-refractivity contribution in [2.45, 2.75) is 6.18 Å². The van der Waals surface area contributed by atoms with Crippen LogP contribution in [0.4, 0.5) is 24.5 Å². The molecule has 0 bridgehead atoms. The third kappa shape index (κ3) is 5.19. The molecular formula is C20H18ClF3N4O. The van der Waals surface area contributed by atoms with E-state index in [9.17, 15) is 18.0 Å². The number of nitrogens with one attached hydrogen (secondary N) is 1. The van der Waals surface area contributed by atoms with Gasteiger partial charge < -0.3 is 10.2 Å². The molecule has 1 aliphatic rings. The fourth-order valence-electron chi connectivity index (χ4n) is 3.20. The highest BCUT2D eigenvalue weighted by Crippen LogP contribution is 2.37. The Labute approximate surface area is 171 Å². The molecule has 1 fully saturated rings. The SMILES string of the molecule is N#Cc1ccc(C(F)(F)F)c(N2CCN(CC(=O)Nc3ccccc3Cl)CC2)c1. The number of amides is 1. The fraction of sp³-hybridized carbons (Fsp3) is 0.300. The summed E-state index contributed by atoms with van der Waals surface area (Å²) in [4.78, 5) is 15.7. The van der Waals surface area contributed by atoms with Crippen molar-refractivity contribution in [3.63, 3.8) is 0 Å². The number of piperazine rings is 1. The Morgan fingerprint density at radius 2 is 1.83 bits per heavy atom. The normalized spacial score (nSPS) is 15.1. The number of alkyl halides is 3. The van der Waals surface area contributed by atoms with Crippen molar-refractivity contribution in [2.75, 3.05) is 42.9 Å². The molecule has 1 aliphatic heterocycles. The van der Waals surface area contributed by atoms with Gasteiger partial charge in [0, 0.05) is 26.2 Å². The Hall–Kier alpha value is -2.76. The third-order valence-corrected chi connectivity index (χ3v) is 4.99. The summed E-state index contributed by atoms with van der Waals surface area (Å²) in [5.74, 6) is -0.242. The summed E-state index contributed by atoms with van der Waals surface area (Å²) in [6.07, 6.45) is -4.50. The first-order chi connectivity index (χ1) is 13.8. The van der Waals surface area contributed by atoms with Crippen LogP contribution in [0.25, 0.3) is 0 Å². The van der Waals surface area contributed by atoms with Crippen molar-refractivity contribution in [2.24, 2.45) is 0 Å². The summed E-state index contributed by atoms with van der Waals surface area (Å²) in [6, 6.07) is 12.1. The minimum Gasteiger partial charge on any atom is -0.368 e. The highest BCUT2D eigenvalue weighted by atomic mass is 35.5. The third-order valence-electron chi connectivity index (χ3n) is 4.66. The number of nitriles is 1. The quantitative estimate of drug-likeness (QED) is 0.809. The molecule has 9 heteroatoms. The molecule has 1 heterocycles. The molecule has 2 aromatic carbocycles. The summed E-state index contributed by atoms with van der Waals surface area (Å²) in [7, 11) is 0. The van der Waals surface area contributed by atoms with Crippen LogP contribution in [0.3, 0.4) is 0 Å². The Morgan fingerprint density at radius 3 is 2.45 bits per heavy atom. The first-order valence-electron chi connectivity index (χ1n) is 8.91. The summed E-state index contributed by atoms with van der Waals surface area (Å²) < 4.78 is 40.0. The van der Waals surface area contributed by atoms with Gasteiger partial charge >= 0.3 is 6.18 Å². The topological polar surface area (TPSA) is 59.4 Å². The van der Waals surface area contributed by atoms with Crippen LogP contribution in [0, 0.1) is 11.3 Å². The maximum absolute atomic E-state index is 13.3. The molecule has 0 aromatic heterocycles. The van der Waals surface area contributed by atoms with E-state index < -0.39 is 11.7 Å². The van der Waals surface area contributed by atoms with E-state index in [-0.39, 0.29) is 23.7 Å². The highest BCUT2D eigenvalue weighted by Gasteiger charge is 2.35. The number of carbonyl (C=O) groups excluding carboxylic acids is 1. The molecule has 0 unspecified atom stereocenters. The number of halogens is 4. The molecule has 0 aliphatic carbocycles. The van der Waals surface area contributed by atoms with Crippen molar-refractivity contribution in [1.82, 2.24) is 4.90 Å². The molecule has 0 atom stereocenters. The lowest BCUT2D eigenvalue weighted by Crippen LogP contribution is -2.49.